The molecular weight excluding hydrogens is 254 g/mol. The molecule has 1 saturated heterocycles. The maximum absolute atomic E-state index is 12.5. The van der Waals surface area contributed by atoms with Crippen LogP contribution in [-0.2, 0) is 9.59 Å². The van der Waals surface area contributed by atoms with Gasteiger partial charge < -0.3 is 15.1 Å². The first-order chi connectivity index (χ1) is 9.52. The number of nitrogens with one attached hydrogen (secondary N) is 1. The molecule has 0 bridgehead atoms. The molecule has 1 aliphatic carbocycles. The van der Waals surface area contributed by atoms with Crippen molar-refractivity contribution >= 4 is 11.8 Å². The van der Waals surface area contributed by atoms with E-state index < -0.39 is 0 Å². The Morgan fingerprint density at radius 2 is 1.70 bits per heavy atom. The summed E-state index contributed by atoms with van der Waals surface area (Å²) in [6, 6.07) is 0. The van der Waals surface area contributed by atoms with Gasteiger partial charge in [0.1, 0.15) is 0 Å². The van der Waals surface area contributed by atoms with Crippen LogP contribution in [0.1, 0.15) is 38.5 Å². The summed E-state index contributed by atoms with van der Waals surface area (Å²) >= 11 is 0. The highest BCUT2D eigenvalue weighted by Gasteiger charge is 2.39. The van der Waals surface area contributed by atoms with Gasteiger partial charge in [-0.15, -0.1) is 0 Å². The van der Waals surface area contributed by atoms with E-state index in [0.29, 0.717) is 12.8 Å². The SMILES string of the molecule is CN(C)C(=O)CC1(CC(=O)N2CCNCC2)CCCC1. The van der Waals surface area contributed by atoms with E-state index in [2.05, 4.69) is 5.32 Å². The molecule has 20 heavy (non-hydrogen) atoms. The number of hydrogen-bond acceptors (Lipinski definition) is 3. The van der Waals surface area contributed by atoms with Gasteiger partial charge in [0.15, 0.2) is 0 Å². The third-order valence-electron chi connectivity index (χ3n) is 4.69. The first-order valence-electron chi connectivity index (χ1n) is 7.71. The van der Waals surface area contributed by atoms with Gasteiger partial charge in [0.2, 0.25) is 11.8 Å². The minimum absolute atomic E-state index is 0.0800. The van der Waals surface area contributed by atoms with Gasteiger partial charge in [0.25, 0.3) is 0 Å². The van der Waals surface area contributed by atoms with Gasteiger partial charge >= 0.3 is 0 Å². The summed E-state index contributed by atoms with van der Waals surface area (Å²) in [6.07, 6.45) is 5.41. The van der Waals surface area contributed by atoms with Crippen LogP contribution in [-0.4, -0.2) is 61.9 Å². The molecule has 0 radical (unpaired) electrons. The van der Waals surface area contributed by atoms with E-state index in [1.807, 2.05) is 4.90 Å². The third-order valence-corrected chi connectivity index (χ3v) is 4.69. The van der Waals surface area contributed by atoms with Crippen molar-refractivity contribution in [1.29, 1.82) is 0 Å². The van der Waals surface area contributed by atoms with Gasteiger partial charge in [-0.2, -0.15) is 0 Å². The molecule has 0 spiro atoms. The van der Waals surface area contributed by atoms with Gasteiger partial charge in [0, 0.05) is 53.1 Å². The van der Waals surface area contributed by atoms with Crippen LogP contribution in [0.5, 0.6) is 0 Å². The topological polar surface area (TPSA) is 52.7 Å². The van der Waals surface area contributed by atoms with Crippen LogP contribution >= 0.6 is 0 Å². The molecule has 2 amide bonds. The van der Waals surface area contributed by atoms with E-state index >= 15 is 0 Å². The number of rotatable bonds is 4. The first kappa shape index (κ1) is 15.3. The fraction of sp³-hybridized carbons (Fsp3) is 0.867. The number of amides is 2. The number of nitrogens with zero attached hydrogens (tertiary/aromatic N) is 2. The number of carbonyl (C=O) groups excluding carboxylic acids is 2. The van der Waals surface area contributed by atoms with Gasteiger partial charge in [-0.1, -0.05) is 12.8 Å². The highest BCUT2D eigenvalue weighted by molar-refractivity contribution is 5.80. The zero-order valence-corrected chi connectivity index (χ0v) is 12.8. The zero-order chi connectivity index (χ0) is 14.6. The van der Waals surface area contributed by atoms with Crippen molar-refractivity contribution in [2.24, 2.45) is 5.41 Å². The van der Waals surface area contributed by atoms with E-state index in [1.54, 1.807) is 19.0 Å². The van der Waals surface area contributed by atoms with E-state index in [4.69, 9.17) is 0 Å². The van der Waals surface area contributed by atoms with Crippen LogP contribution in [0.2, 0.25) is 0 Å². The van der Waals surface area contributed by atoms with Crippen LogP contribution in [0.25, 0.3) is 0 Å². The minimum Gasteiger partial charge on any atom is -0.349 e. The summed E-state index contributed by atoms with van der Waals surface area (Å²) < 4.78 is 0. The lowest BCUT2D eigenvalue weighted by molar-refractivity contribution is -0.136. The molecule has 1 heterocycles. The third kappa shape index (κ3) is 3.72. The van der Waals surface area contributed by atoms with Crippen LogP contribution < -0.4 is 5.32 Å². The molecule has 1 N–H and O–H groups in total. The summed E-state index contributed by atoms with van der Waals surface area (Å²) in [5, 5.41) is 3.27. The molecule has 0 aromatic carbocycles. The Morgan fingerprint density at radius 3 is 2.25 bits per heavy atom. The van der Waals surface area contributed by atoms with E-state index in [-0.39, 0.29) is 17.2 Å². The van der Waals surface area contributed by atoms with Gasteiger partial charge in [-0.05, 0) is 18.3 Å². The Kier molecular flexibility index (Phi) is 5.02. The van der Waals surface area contributed by atoms with Crippen molar-refractivity contribution in [3.8, 4) is 0 Å². The van der Waals surface area contributed by atoms with Crippen molar-refractivity contribution in [2.75, 3.05) is 40.3 Å². The fourth-order valence-corrected chi connectivity index (χ4v) is 3.37. The quantitative estimate of drug-likeness (QED) is 0.831. The second kappa shape index (κ2) is 6.57. The summed E-state index contributed by atoms with van der Waals surface area (Å²) in [5.41, 5.74) is -0.0800. The lowest BCUT2D eigenvalue weighted by Crippen LogP contribution is -2.47. The average molecular weight is 281 g/mol. The Hall–Kier alpha value is -1.10. The van der Waals surface area contributed by atoms with Gasteiger partial charge in [0.05, 0.1) is 0 Å². The van der Waals surface area contributed by atoms with Crippen molar-refractivity contribution in [3.05, 3.63) is 0 Å². The largest absolute Gasteiger partial charge is 0.349 e. The Balaban J connectivity index is 1.97. The lowest BCUT2D eigenvalue weighted by atomic mass is 9.78. The van der Waals surface area contributed by atoms with Crippen molar-refractivity contribution in [1.82, 2.24) is 15.1 Å². The molecule has 5 heteroatoms. The molecule has 0 aromatic heterocycles. The normalized spacial score (nSPS) is 21.8. The Labute approximate surface area is 121 Å². The van der Waals surface area contributed by atoms with Crippen molar-refractivity contribution in [3.63, 3.8) is 0 Å². The zero-order valence-electron chi connectivity index (χ0n) is 12.8. The molecule has 2 fully saturated rings. The van der Waals surface area contributed by atoms with E-state index in [0.717, 1.165) is 51.9 Å². The molecule has 114 valence electrons. The predicted molar refractivity (Wildman–Crippen MR) is 78.3 cm³/mol. The van der Waals surface area contributed by atoms with Crippen molar-refractivity contribution in [2.45, 2.75) is 38.5 Å². The van der Waals surface area contributed by atoms with Gasteiger partial charge in [-0.25, -0.2) is 0 Å². The summed E-state index contributed by atoms with van der Waals surface area (Å²) in [4.78, 5) is 28.1. The van der Waals surface area contributed by atoms with Crippen LogP contribution in [0.15, 0.2) is 0 Å². The van der Waals surface area contributed by atoms with Crippen LogP contribution in [0.4, 0.5) is 0 Å². The smallest absolute Gasteiger partial charge is 0.223 e. The van der Waals surface area contributed by atoms with Crippen molar-refractivity contribution < 1.29 is 9.59 Å². The monoisotopic (exact) mass is 281 g/mol. The van der Waals surface area contributed by atoms with E-state index in [1.165, 1.54) is 0 Å². The summed E-state index contributed by atoms with van der Waals surface area (Å²) in [6.45, 7) is 3.37. The van der Waals surface area contributed by atoms with E-state index in [9.17, 15) is 9.59 Å². The molecule has 0 atom stereocenters. The molecule has 0 unspecified atom stereocenters. The first-order valence-corrected chi connectivity index (χ1v) is 7.71. The average Bonchev–Trinajstić information content (AvgIpc) is 2.87. The minimum atomic E-state index is -0.0800. The molecule has 2 rings (SSSR count). The standard InChI is InChI=1S/C15H27N3O2/c1-17(2)13(19)11-15(5-3-4-6-15)12-14(20)18-9-7-16-8-10-18/h16H,3-12H2,1-2H3. The van der Waals surface area contributed by atoms with Gasteiger partial charge in [-0.3, -0.25) is 9.59 Å². The highest BCUT2D eigenvalue weighted by Crippen LogP contribution is 2.44. The second-order valence-electron chi connectivity index (χ2n) is 6.48. The number of carbonyl (C=O) groups is 2. The molecular formula is C15H27N3O2. The Bertz CT molecular complexity index is 356. The van der Waals surface area contributed by atoms with Crippen LogP contribution in [0.3, 0.4) is 0 Å². The summed E-state index contributed by atoms with van der Waals surface area (Å²) in [7, 11) is 3.59. The Morgan fingerprint density at radius 1 is 1.10 bits per heavy atom. The maximum atomic E-state index is 12.5. The number of hydrogen-bond donors (Lipinski definition) is 1. The predicted octanol–water partition coefficient (Wildman–Crippen LogP) is 0.847. The molecule has 5 nitrogen and oxygen atoms in total. The highest BCUT2D eigenvalue weighted by atomic mass is 16.2. The molecule has 0 aromatic rings. The lowest BCUT2D eigenvalue weighted by Gasteiger charge is -2.34. The second-order valence-corrected chi connectivity index (χ2v) is 6.48. The maximum Gasteiger partial charge on any atom is 0.223 e. The van der Waals surface area contributed by atoms with Crippen LogP contribution in [0, 0.1) is 5.41 Å². The summed E-state index contributed by atoms with van der Waals surface area (Å²) in [5.74, 6) is 0.389. The molecule has 1 saturated carbocycles. The fourth-order valence-electron chi connectivity index (χ4n) is 3.37. The number of piperazine rings is 1. The molecule has 2 aliphatic rings. The molecule has 1 aliphatic heterocycles.